The van der Waals surface area contributed by atoms with Crippen LogP contribution in [0.4, 0.5) is 0 Å². The average molecular weight is 232 g/mol. The van der Waals surface area contributed by atoms with Crippen molar-refractivity contribution in [2.24, 2.45) is 5.41 Å². The molecule has 1 aromatic heterocycles. The molecule has 2 nitrogen and oxygen atoms in total. The molecule has 1 unspecified atom stereocenters. The highest BCUT2D eigenvalue weighted by Crippen LogP contribution is 2.39. The molecule has 2 heteroatoms. The van der Waals surface area contributed by atoms with Crippen molar-refractivity contribution < 1.29 is 0 Å². The Hall–Kier alpha value is -0.890. The number of pyridine rings is 1. The van der Waals surface area contributed by atoms with Gasteiger partial charge in [0.2, 0.25) is 0 Å². The first-order valence-corrected chi connectivity index (χ1v) is 6.42. The second kappa shape index (κ2) is 3.81. The summed E-state index contributed by atoms with van der Waals surface area (Å²) in [6, 6.07) is 2.77. The van der Waals surface area contributed by atoms with Crippen molar-refractivity contribution in [2.75, 3.05) is 0 Å². The maximum absolute atomic E-state index is 4.63. The number of nitrogens with zero attached hydrogens (tertiary/aromatic N) is 1. The number of aromatic nitrogens is 1. The van der Waals surface area contributed by atoms with Crippen molar-refractivity contribution in [2.45, 2.75) is 59.5 Å². The molecule has 0 saturated carbocycles. The fraction of sp³-hybridized carbons (Fsp3) is 0.667. The Morgan fingerprint density at radius 3 is 2.35 bits per heavy atom. The van der Waals surface area contributed by atoms with Crippen molar-refractivity contribution in [1.29, 1.82) is 0 Å². The van der Waals surface area contributed by atoms with Crippen molar-refractivity contribution in [1.82, 2.24) is 10.3 Å². The summed E-state index contributed by atoms with van der Waals surface area (Å²) in [5.41, 5.74) is 4.35. The predicted octanol–water partition coefficient (Wildman–Crippen LogP) is 3.57. The Morgan fingerprint density at radius 2 is 1.82 bits per heavy atom. The van der Waals surface area contributed by atoms with E-state index in [1.165, 1.54) is 16.8 Å². The minimum Gasteiger partial charge on any atom is -0.304 e. The topological polar surface area (TPSA) is 24.9 Å². The molecular formula is C15H24N2. The molecule has 1 N–H and O–H groups in total. The predicted molar refractivity (Wildman–Crippen MR) is 72.0 cm³/mol. The van der Waals surface area contributed by atoms with Crippen LogP contribution >= 0.6 is 0 Å². The van der Waals surface area contributed by atoms with Gasteiger partial charge in [-0.15, -0.1) is 0 Å². The molecule has 1 atom stereocenters. The Morgan fingerprint density at radius 1 is 1.18 bits per heavy atom. The SMILES string of the molecule is CC(C)(C)c1cnc2c(c1)C(C(C)(C)C)NC2. The molecular weight excluding hydrogens is 208 g/mol. The van der Waals surface area contributed by atoms with E-state index in [0.717, 1.165) is 6.54 Å². The van der Waals surface area contributed by atoms with E-state index in [1.807, 2.05) is 6.20 Å². The number of nitrogens with one attached hydrogen (secondary N) is 1. The van der Waals surface area contributed by atoms with Crippen LogP contribution in [0.3, 0.4) is 0 Å². The lowest BCUT2D eigenvalue weighted by atomic mass is 9.81. The smallest absolute Gasteiger partial charge is 0.0589 e. The second-order valence-electron chi connectivity index (χ2n) is 7.19. The van der Waals surface area contributed by atoms with E-state index in [1.54, 1.807) is 0 Å². The van der Waals surface area contributed by atoms with Crippen molar-refractivity contribution >= 4 is 0 Å². The van der Waals surface area contributed by atoms with E-state index < -0.39 is 0 Å². The number of rotatable bonds is 0. The van der Waals surface area contributed by atoms with Crippen molar-refractivity contribution in [3.8, 4) is 0 Å². The van der Waals surface area contributed by atoms with E-state index in [-0.39, 0.29) is 10.8 Å². The van der Waals surface area contributed by atoms with Gasteiger partial charge >= 0.3 is 0 Å². The fourth-order valence-corrected chi connectivity index (χ4v) is 2.40. The van der Waals surface area contributed by atoms with E-state index in [4.69, 9.17) is 0 Å². The quantitative estimate of drug-likeness (QED) is 0.739. The van der Waals surface area contributed by atoms with Gasteiger partial charge in [0, 0.05) is 18.8 Å². The molecule has 0 aromatic carbocycles. The first-order chi connectivity index (χ1) is 7.69. The summed E-state index contributed by atoms with van der Waals surface area (Å²) >= 11 is 0. The lowest BCUT2D eigenvalue weighted by molar-refractivity contribution is 0.288. The zero-order valence-electron chi connectivity index (χ0n) is 11.9. The third kappa shape index (κ3) is 2.37. The highest BCUT2D eigenvalue weighted by Gasteiger charge is 2.33. The molecule has 0 saturated heterocycles. The summed E-state index contributed by atoms with van der Waals surface area (Å²) in [6.45, 7) is 14.5. The third-order valence-corrected chi connectivity index (χ3v) is 3.52. The summed E-state index contributed by atoms with van der Waals surface area (Å²) in [5.74, 6) is 0. The van der Waals surface area contributed by atoms with Gasteiger partial charge in [-0.3, -0.25) is 4.98 Å². The first kappa shape index (κ1) is 12.6. The maximum Gasteiger partial charge on any atom is 0.0589 e. The normalized spacial score (nSPS) is 20.5. The Balaban J connectivity index is 2.45. The van der Waals surface area contributed by atoms with Gasteiger partial charge in [0.1, 0.15) is 0 Å². The second-order valence-corrected chi connectivity index (χ2v) is 7.19. The molecule has 0 aliphatic carbocycles. The largest absolute Gasteiger partial charge is 0.304 e. The Kier molecular flexibility index (Phi) is 2.81. The maximum atomic E-state index is 4.63. The third-order valence-electron chi connectivity index (χ3n) is 3.52. The van der Waals surface area contributed by atoms with Crippen LogP contribution in [-0.2, 0) is 12.0 Å². The summed E-state index contributed by atoms with van der Waals surface area (Å²) in [6.07, 6.45) is 2.03. The minimum absolute atomic E-state index is 0.174. The first-order valence-electron chi connectivity index (χ1n) is 6.42. The van der Waals surface area contributed by atoms with E-state index in [2.05, 4.69) is 57.9 Å². The molecule has 0 bridgehead atoms. The van der Waals surface area contributed by atoms with Crippen LogP contribution in [0.25, 0.3) is 0 Å². The van der Waals surface area contributed by atoms with Gasteiger partial charge in [-0.1, -0.05) is 47.6 Å². The van der Waals surface area contributed by atoms with Crippen LogP contribution in [0.1, 0.15) is 64.4 Å². The monoisotopic (exact) mass is 232 g/mol. The highest BCUT2D eigenvalue weighted by atomic mass is 15.0. The van der Waals surface area contributed by atoms with Crippen LogP contribution < -0.4 is 5.32 Å². The van der Waals surface area contributed by atoms with Gasteiger partial charge in [-0.25, -0.2) is 0 Å². The summed E-state index contributed by atoms with van der Waals surface area (Å²) in [7, 11) is 0. The van der Waals surface area contributed by atoms with E-state index in [9.17, 15) is 0 Å². The molecule has 0 radical (unpaired) electrons. The average Bonchev–Trinajstić information content (AvgIpc) is 2.57. The summed E-state index contributed by atoms with van der Waals surface area (Å²) in [4.78, 5) is 4.63. The summed E-state index contributed by atoms with van der Waals surface area (Å²) in [5, 5.41) is 3.58. The molecule has 1 aromatic rings. The molecule has 0 spiro atoms. The molecule has 0 fully saturated rings. The highest BCUT2D eigenvalue weighted by molar-refractivity contribution is 5.35. The van der Waals surface area contributed by atoms with Crippen LogP contribution in [0.15, 0.2) is 12.3 Å². The van der Waals surface area contributed by atoms with Crippen LogP contribution in [0.5, 0.6) is 0 Å². The Bertz CT molecular complexity index is 422. The van der Waals surface area contributed by atoms with Gasteiger partial charge in [-0.2, -0.15) is 0 Å². The number of hydrogen-bond donors (Lipinski definition) is 1. The van der Waals surface area contributed by atoms with E-state index in [0.29, 0.717) is 6.04 Å². The minimum atomic E-state index is 0.174. The van der Waals surface area contributed by atoms with Crippen LogP contribution in [-0.4, -0.2) is 4.98 Å². The lowest BCUT2D eigenvalue weighted by Gasteiger charge is -2.29. The molecule has 1 aliphatic heterocycles. The zero-order chi connectivity index (χ0) is 12.8. The van der Waals surface area contributed by atoms with Crippen LogP contribution in [0, 0.1) is 5.41 Å². The van der Waals surface area contributed by atoms with Gasteiger partial charge < -0.3 is 5.32 Å². The van der Waals surface area contributed by atoms with Crippen molar-refractivity contribution in [3.05, 3.63) is 29.1 Å². The molecule has 2 rings (SSSR count). The molecule has 17 heavy (non-hydrogen) atoms. The number of hydrogen-bond acceptors (Lipinski definition) is 2. The Labute approximate surface area is 105 Å². The lowest BCUT2D eigenvalue weighted by Crippen LogP contribution is -2.26. The number of fused-ring (bicyclic) bond motifs is 1. The van der Waals surface area contributed by atoms with Gasteiger partial charge in [0.25, 0.3) is 0 Å². The standard InChI is InChI=1S/C15H24N2/c1-14(2,3)10-7-11-12(16-8-10)9-17-13(11)15(4,5)6/h7-8,13,17H,9H2,1-6H3. The van der Waals surface area contributed by atoms with Gasteiger partial charge in [0.15, 0.2) is 0 Å². The summed E-state index contributed by atoms with van der Waals surface area (Å²) < 4.78 is 0. The molecule has 94 valence electrons. The van der Waals surface area contributed by atoms with Crippen LogP contribution in [0.2, 0.25) is 0 Å². The fourth-order valence-electron chi connectivity index (χ4n) is 2.40. The molecule has 0 amide bonds. The van der Waals surface area contributed by atoms with Gasteiger partial charge in [0.05, 0.1) is 5.69 Å². The molecule has 2 heterocycles. The van der Waals surface area contributed by atoms with Crippen molar-refractivity contribution in [3.63, 3.8) is 0 Å². The zero-order valence-corrected chi connectivity index (χ0v) is 11.9. The van der Waals surface area contributed by atoms with E-state index >= 15 is 0 Å². The van der Waals surface area contributed by atoms with Gasteiger partial charge in [-0.05, 0) is 22.0 Å². The molecule has 1 aliphatic rings.